The minimum absolute atomic E-state index is 0.0918. The first-order valence-corrected chi connectivity index (χ1v) is 9.41. The van der Waals surface area contributed by atoms with Gasteiger partial charge in [0.1, 0.15) is 5.75 Å². The normalized spacial score (nSPS) is 10.8. The summed E-state index contributed by atoms with van der Waals surface area (Å²) in [7, 11) is 0. The monoisotopic (exact) mass is 370 g/mol. The van der Waals surface area contributed by atoms with Crippen molar-refractivity contribution in [2.45, 2.75) is 13.5 Å². The molecule has 28 heavy (non-hydrogen) atoms. The molecule has 1 heterocycles. The highest BCUT2D eigenvalue weighted by molar-refractivity contribution is 5.81. The van der Waals surface area contributed by atoms with Crippen LogP contribution in [-0.4, -0.2) is 11.6 Å². The van der Waals surface area contributed by atoms with Crippen molar-refractivity contribution in [3.8, 4) is 16.9 Å². The van der Waals surface area contributed by atoms with Crippen LogP contribution in [0.15, 0.2) is 83.7 Å². The number of ether oxygens (including phenoxy) is 1. The molecule has 0 saturated heterocycles. The maximum Gasteiger partial charge on any atom is 0.253 e. The lowest BCUT2D eigenvalue weighted by atomic mass is 10.0. The fraction of sp³-hybridized carbons (Fsp3) is 0.125. The van der Waals surface area contributed by atoms with E-state index in [2.05, 4.69) is 28.5 Å². The van der Waals surface area contributed by atoms with Gasteiger partial charge in [-0.3, -0.25) is 4.79 Å². The Labute approximate surface area is 163 Å². The predicted molar refractivity (Wildman–Crippen MR) is 115 cm³/mol. The number of H-pyrrole nitrogens is 1. The van der Waals surface area contributed by atoms with Gasteiger partial charge in [0.15, 0.2) is 0 Å². The molecule has 2 N–H and O–H groups in total. The van der Waals surface area contributed by atoms with E-state index in [1.807, 2.05) is 67.6 Å². The first-order valence-electron chi connectivity index (χ1n) is 9.41. The summed E-state index contributed by atoms with van der Waals surface area (Å²) in [6.45, 7) is 2.98. The number of rotatable bonds is 6. The number of hydrogen-bond donors (Lipinski definition) is 2. The summed E-state index contributed by atoms with van der Waals surface area (Å²) in [5.41, 5.74) is 4.64. The summed E-state index contributed by atoms with van der Waals surface area (Å²) in [6, 6.07) is 26.0. The van der Waals surface area contributed by atoms with Gasteiger partial charge in [0, 0.05) is 29.4 Å². The Balaban J connectivity index is 1.61. The number of hydrogen-bond acceptors (Lipinski definition) is 3. The second-order valence-corrected chi connectivity index (χ2v) is 6.57. The molecule has 4 nitrogen and oxygen atoms in total. The van der Waals surface area contributed by atoms with Crippen molar-refractivity contribution in [2.24, 2.45) is 0 Å². The predicted octanol–water partition coefficient (Wildman–Crippen LogP) is 5.21. The molecule has 4 heteroatoms. The average Bonchev–Trinajstić information content (AvgIpc) is 2.73. The lowest BCUT2D eigenvalue weighted by Gasteiger charge is -2.12. The summed E-state index contributed by atoms with van der Waals surface area (Å²) < 4.78 is 5.51. The SMILES string of the molecule is CCOc1ccc2cc(CNc3ccccc3-c3ccccc3)c(=O)[nH]c2c1. The Morgan fingerprint density at radius 1 is 0.929 bits per heavy atom. The maximum absolute atomic E-state index is 12.5. The molecule has 4 aromatic rings. The maximum atomic E-state index is 12.5. The number of aromatic amines is 1. The lowest BCUT2D eigenvalue weighted by Crippen LogP contribution is -2.15. The quantitative estimate of drug-likeness (QED) is 0.490. The summed E-state index contributed by atoms with van der Waals surface area (Å²) in [4.78, 5) is 15.5. The van der Waals surface area contributed by atoms with E-state index in [4.69, 9.17) is 4.74 Å². The van der Waals surface area contributed by atoms with Crippen LogP contribution >= 0.6 is 0 Å². The van der Waals surface area contributed by atoms with Crippen LogP contribution in [0, 0.1) is 0 Å². The Bertz CT molecular complexity index is 1150. The third-order valence-corrected chi connectivity index (χ3v) is 4.69. The molecule has 0 unspecified atom stereocenters. The molecule has 0 aliphatic rings. The molecule has 4 rings (SSSR count). The van der Waals surface area contributed by atoms with E-state index in [1.165, 1.54) is 0 Å². The second-order valence-electron chi connectivity index (χ2n) is 6.57. The standard InChI is InChI=1S/C24H22N2O2/c1-2-28-20-13-12-18-14-19(24(27)26-23(18)15-20)16-25-22-11-7-6-10-21(22)17-8-4-3-5-9-17/h3-15,25H,2,16H2,1H3,(H,26,27). The molecule has 0 saturated carbocycles. The van der Waals surface area contributed by atoms with E-state index in [9.17, 15) is 4.79 Å². The van der Waals surface area contributed by atoms with E-state index in [1.54, 1.807) is 0 Å². The van der Waals surface area contributed by atoms with E-state index in [0.29, 0.717) is 18.7 Å². The second kappa shape index (κ2) is 8.01. The topological polar surface area (TPSA) is 54.1 Å². The van der Waals surface area contributed by atoms with Gasteiger partial charge in [-0.2, -0.15) is 0 Å². The highest BCUT2D eigenvalue weighted by atomic mass is 16.5. The van der Waals surface area contributed by atoms with Crippen LogP contribution in [-0.2, 0) is 6.54 Å². The zero-order valence-electron chi connectivity index (χ0n) is 15.7. The molecule has 3 aromatic carbocycles. The molecule has 0 aliphatic carbocycles. The van der Waals surface area contributed by atoms with E-state index in [0.717, 1.165) is 33.5 Å². The Morgan fingerprint density at radius 2 is 1.71 bits per heavy atom. The summed E-state index contributed by atoms with van der Waals surface area (Å²) in [5, 5.41) is 4.40. The lowest BCUT2D eigenvalue weighted by molar-refractivity contribution is 0.340. The highest BCUT2D eigenvalue weighted by Gasteiger charge is 2.07. The van der Waals surface area contributed by atoms with Crippen molar-refractivity contribution in [2.75, 3.05) is 11.9 Å². The summed E-state index contributed by atoms with van der Waals surface area (Å²) >= 11 is 0. The van der Waals surface area contributed by atoms with Gasteiger partial charge in [0.25, 0.3) is 5.56 Å². The number of benzene rings is 3. The number of pyridine rings is 1. The van der Waals surface area contributed by atoms with Crippen LogP contribution in [0.4, 0.5) is 5.69 Å². The van der Waals surface area contributed by atoms with Gasteiger partial charge < -0.3 is 15.0 Å². The minimum atomic E-state index is -0.0918. The first kappa shape index (κ1) is 17.9. The summed E-state index contributed by atoms with van der Waals surface area (Å²) in [6.07, 6.45) is 0. The van der Waals surface area contributed by atoms with Crippen LogP contribution < -0.4 is 15.6 Å². The fourth-order valence-corrected chi connectivity index (χ4v) is 3.31. The number of para-hydroxylation sites is 1. The largest absolute Gasteiger partial charge is 0.494 e. The molecule has 0 bridgehead atoms. The van der Waals surface area contributed by atoms with Crippen molar-refractivity contribution in [3.63, 3.8) is 0 Å². The molecule has 140 valence electrons. The number of anilines is 1. The highest BCUT2D eigenvalue weighted by Crippen LogP contribution is 2.28. The van der Waals surface area contributed by atoms with Crippen molar-refractivity contribution >= 4 is 16.6 Å². The molecular weight excluding hydrogens is 348 g/mol. The van der Waals surface area contributed by atoms with Gasteiger partial charge in [-0.05, 0) is 42.1 Å². The zero-order valence-corrected chi connectivity index (χ0v) is 15.7. The molecule has 0 amide bonds. The fourth-order valence-electron chi connectivity index (χ4n) is 3.31. The molecule has 0 spiro atoms. The van der Waals surface area contributed by atoms with Crippen LogP contribution in [0.5, 0.6) is 5.75 Å². The smallest absolute Gasteiger partial charge is 0.253 e. The Hall–Kier alpha value is -3.53. The first-order chi connectivity index (χ1) is 13.7. The van der Waals surface area contributed by atoms with Gasteiger partial charge in [-0.15, -0.1) is 0 Å². The van der Waals surface area contributed by atoms with Crippen molar-refractivity contribution in [3.05, 3.63) is 94.8 Å². The zero-order chi connectivity index (χ0) is 19.3. The molecule has 0 fully saturated rings. The van der Waals surface area contributed by atoms with Crippen molar-refractivity contribution in [1.29, 1.82) is 0 Å². The average molecular weight is 370 g/mol. The van der Waals surface area contributed by atoms with E-state index < -0.39 is 0 Å². The van der Waals surface area contributed by atoms with Crippen LogP contribution in [0.1, 0.15) is 12.5 Å². The molecule has 1 aromatic heterocycles. The van der Waals surface area contributed by atoms with Gasteiger partial charge in [0.05, 0.1) is 12.1 Å². The van der Waals surface area contributed by atoms with Crippen LogP contribution in [0.3, 0.4) is 0 Å². The van der Waals surface area contributed by atoms with E-state index in [-0.39, 0.29) is 5.56 Å². The minimum Gasteiger partial charge on any atom is -0.494 e. The van der Waals surface area contributed by atoms with E-state index >= 15 is 0 Å². The number of aromatic nitrogens is 1. The van der Waals surface area contributed by atoms with Gasteiger partial charge in [0.2, 0.25) is 0 Å². The molecule has 0 atom stereocenters. The van der Waals surface area contributed by atoms with Gasteiger partial charge in [-0.1, -0.05) is 48.5 Å². The molecule has 0 radical (unpaired) electrons. The van der Waals surface area contributed by atoms with Crippen LogP contribution in [0.25, 0.3) is 22.0 Å². The van der Waals surface area contributed by atoms with Gasteiger partial charge >= 0.3 is 0 Å². The number of fused-ring (bicyclic) bond motifs is 1. The van der Waals surface area contributed by atoms with Gasteiger partial charge in [-0.25, -0.2) is 0 Å². The van der Waals surface area contributed by atoms with Crippen LogP contribution in [0.2, 0.25) is 0 Å². The molecular formula is C24H22N2O2. The Morgan fingerprint density at radius 3 is 2.54 bits per heavy atom. The third kappa shape index (κ3) is 3.76. The van der Waals surface area contributed by atoms with Crippen molar-refractivity contribution in [1.82, 2.24) is 4.98 Å². The third-order valence-electron chi connectivity index (χ3n) is 4.69. The summed E-state index contributed by atoms with van der Waals surface area (Å²) in [5.74, 6) is 0.758. The Kier molecular flexibility index (Phi) is 5.11. The van der Waals surface area contributed by atoms with Crippen molar-refractivity contribution < 1.29 is 4.74 Å². The number of nitrogens with one attached hydrogen (secondary N) is 2. The molecule has 0 aliphatic heterocycles.